The SMILES string of the molecule is CCN(CC1CCC1)C(=O)CC(CC)(CC)C(=O)O. The minimum absolute atomic E-state index is 0.000463. The third-order valence-electron chi connectivity index (χ3n) is 4.73. The summed E-state index contributed by atoms with van der Waals surface area (Å²) in [5.74, 6) is -0.211. The quantitative estimate of drug-likeness (QED) is 0.737. The molecule has 0 radical (unpaired) electrons. The highest BCUT2D eigenvalue weighted by Gasteiger charge is 2.38. The molecule has 0 saturated heterocycles. The molecule has 0 unspecified atom stereocenters. The van der Waals surface area contributed by atoms with Gasteiger partial charge in [0.25, 0.3) is 0 Å². The molecule has 0 spiro atoms. The minimum atomic E-state index is -0.885. The Morgan fingerprint density at radius 1 is 1.21 bits per heavy atom. The van der Waals surface area contributed by atoms with Crippen molar-refractivity contribution in [3.05, 3.63) is 0 Å². The van der Waals surface area contributed by atoms with Gasteiger partial charge < -0.3 is 10.0 Å². The van der Waals surface area contributed by atoms with E-state index in [0.717, 1.165) is 6.54 Å². The molecular weight excluding hydrogens is 242 g/mol. The van der Waals surface area contributed by atoms with Crippen molar-refractivity contribution in [3.63, 3.8) is 0 Å². The fourth-order valence-corrected chi connectivity index (χ4v) is 2.67. The molecule has 0 bridgehead atoms. The predicted octanol–water partition coefficient (Wildman–Crippen LogP) is 2.92. The topological polar surface area (TPSA) is 57.6 Å². The maximum Gasteiger partial charge on any atom is 0.310 e. The number of carbonyl (C=O) groups is 2. The van der Waals surface area contributed by atoms with Gasteiger partial charge in [-0.2, -0.15) is 0 Å². The van der Waals surface area contributed by atoms with Crippen LogP contribution in [0, 0.1) is 11.3 Å². The van der Waals surface area contributed by atoms with Crippen molar-refractivity contribution in [2.24, 2.45) is 11.3 Å². The molecule has 0 aromatic heterocycles. The zero-order valence-corrected chi connectivity index (χ0v) is 12.4. The van der Waals surface area contributed by atoms with Gasteiger partial charge in [0.05, 0.1) is 5.41 Å². The molecule has 0 aliphatic heterocycles. The van der Waals surface area contributed by atoms with Gasteiger partial charge in [0.2, 0.25) is 5.91 Å². The zero-order chi connectivity index (χ0) is 14.5. The summed E-state index contributed by atoms with van der Waals surface area (Å²) in [6.45, 7) is 7.16. The number of amides is 1. The Labute approximate surface area is 116 Å². The second-order valence-corrected chi connectivity index (χ2v) is 5.70. The lowest BCUT2D eigenvalue weighted by atomic mass is 9.78. The normalized spacial score (nSPS) is 15.9. The van der Waals surface area contributed by atoms with Gasteiger partial charge in [-0.25, -0.2) is 0 Å². The van der Waals surface area contributed by atoms with Gasteiger partial charge in [0, 0.05) is 19.5 Å². The molecule has 1 fully saturated rings. The molecule has 1 aliphatic carbocycles. The van der Waals surface area contributed by atoms with E-state index < -0.39 is 11.4 Å². The number of rotatable bonds is 8. The van der Waals surface area contributed by atoms with Gasteiger partial charge in [0.1, 0.15) is 0 Å². The molecule has 4 heteroatoms. The Bertz CT molecular complexity index is 319. The number of carboxylic acid groups (broad SMARTS) is 1. The standard InChI is InChI=1S/C15H27NO3/c1-4-15(5-2,14(18)19)10-13(17)16(6-3)11-12-8-7-9-12/h12H,4-11H2,1-3H3,(H,18,19). The first-order valence-electron chi connectivity index (χ1n) is 7.50. The summed E-state index contributed by atoms with van der Waals surface area (Å²) >= 11 is 0. The number of hydrogen-bond acceptors (Lipinski definition) is 2. The summed E-state index contributed by atoms with van der Waals surface area (Å²) in [5.41, 5.74) is -0.885. The van der Waals surface area contributed by atoms with Gasteiger partial charge >= 0.3 is 5.97 Å². The van der Waals surface area contributed by atoms with Crippen LogP contribution in [0.5, 0.6) is 0 Å². The highest BCUT2D eigenvalue weighted by atomic mass is 16.4. The second kappa shape index (κ2) is 6.92. The van der Waals surface area contributed by atoms with E-state index in [9.17, 15) is 14.7 Å². The molecule has 0 heterocycles. The molecule has 110 valence electrons. The van der Waals surface area contributed by atoms with E-state index >= 15 is 0 Å². The van der Waals surface area contributed by atoms with Gasteiger partial charge in [-0.3, -0.25) is 9.59 Å². The fourth-order valence-electron chi connectivity index (χ4n) is 2.67. The van der Waals surface area contributed by atoms with Crippen LogP contribution in [-0.4, -0.2) is 35.0 Å². The van der Waals surface area contributed by atoms with Crippen molar-refractivity contribution in [2.45, 2.75) is 59.3 Å². The summed E-state index contributed by atoms with van der Waals surface area (Å²) in [4.78, 5) is 25.6. The lowest BCUT2D eigenvalue weighted by Gasteiger charge is -2.34. The van der Waals surface area contributed by atoms with Crippen LogP contribution in [-0.2, 0) is 9.59 Å². The van der Waals surface area contributed by atoms with Gasteiger partial charge in [0.15, 0.2) is 0 Å². The van der Waals surface area contributed by atoms with Crippen LogP contribution in [0.3, 0.4) is 0 Å². The van der Waals surface area contributed by atoms with E-state index in [4.69, 9.17) is 0 Å². The van der Waals surface area contributed by atoms with Crippen LogP contribution in [0.25, 0.3) is 0 Å². The minimum Gasteiger partial charge on any atom is -0.481 e. The summed E-state index contributed by atoms with van der Waals surface area (Å²) in [7, 11) is 0. The average Bonchev–Trinajstić information content (AvgIpc) is 2.34. The van der Waals surface area contributed by atoms with Crippen molar-refractivity contribution in [2.75, 3.05) is 13.1 Å². The van der Waals surface area contributed by atoms with Crippen LogP contribution in [0.1, 0.15) is 59.3 Å². The Hall–Kier alpha value is -1.06. The third-order valence-corrected chi connectivity index (χ3v) is 4.73. The summed E-state index contributed by atoms with van der Waals surface area (Å²) in [5, 5.41) is 9.40. The van der Waals surface area contributed by atoms with Gasteiger partial charge in [-0.05, 0) is 38.5 Å². The molecule has 1 saturated carbocycles. The Morgan fingerprint density at radius 2 is 1.79 bits per heavy atom. The summed E-state index contributed by atoms with van der Waals surface area (Å²) < 4.78 is 0. The first kappa shape index (κ1) is 16.0. The highest BCUT2D eigenvalue weighted by molar-refractivity contribution is 5.85. The lowest BCUT2D eigenvalue weighted by molar-refractivity contribution is -0.154. The molecule has 0 atom stereocenters. The Kier molecular flexibility index (Phi) is 5.83. The van der Waals surface area contributed by atoms with Crippen molar-refractivity contribution in [1.29, 1.82) is 0 Å². The second-order valence-electron chi connectivity index (χ2n) is 5.70. The third kappa shape index (κ3) is 3.71. The van der Waals surface area contributed by atoms with Crippen molar-refractivity contribution >= 4 is 11.9 Å². The van der Waals surface area contributed by atoms with Crippen molar-refractivity contribution < 1.29 is 14.7 Å². The fraction of sp³-hybridized carbons (Fsp3) is 0.867. The number of carboxylic acids is 1. The smallest absolute Gasteiger partial charge is 0.310 e. The predicted molar refractivity (Wildman–Crippen MR) is 74.9 cm³/mol. The van der Waals surface area contributed by atoms with E-state index in [1.807, 2.05) is 25.7 Å². The maximum absolute atomic E-state index is 12.4. The van der Waals surface area contributed by atoms with E-state index in [1.165, 1.54) is 19.3 Å². The first-order valence-corrected chi connectivity index (χ1v) is 7.50. The molecule has 1 N–H and O–H groups in total. The Morgan fingerprint density at radius 3 is 2.11 bits per heavy atom. The molecular formula is C15H27NO3. The van der Waals surface area contributed by atoms with Crippen LogP contribution in [0.15, 0.2) is 0 Å². The van der Waals surface area contributed by atoms with Crippen LogP contribution < -0.4 is 0 Å². The number of aliphatic carboxylic acids is 1. The highest BCUT2D eigenvalue weighted by Crippen LogP contribution is 2.33. The van der Waals surface area contributed by atoms with E-state index in [1.54, 1.807) is 0 Å². The van der Waals surface area contributed by atoms with E-state index in [0.29, 0.717) is 25.3 Å². The number of hydrogen-bond donors (Lipinski definition) is 1. The maximum atomic E-state index is 12.4. The largest absolute Gasteiger partial charge is 0.481 e. The number of carbonyl (C=O) groups excluding carboxylic acids is 1. The summed E-state index contributed by atoms with van der Waals surface area (Å²) in [6.07, 6.45) is 4.82. The molecule has 0 aromatic rings. The number of nitrogens with zero attached hydrogens (tertiary/aromatic N) is 1. The average molecular weight is 269 g/mol. The first-order chi connectivity index (χ1) is 8.99. The molecule has 1 aliphatic rings. The monoisotopic (exact) mass is 269 g/mol. The zero-order valence-electron chi connectivity index (χ0n) is 12.4. The van der Waals surface area contributed by atoms with E-state index in [2.05, 4.69) is 0 Å². The summed E-state index contributed by atoms with van der Waals surface area (Å²) in [6, 6.07) is 0. The van der Waals surface area contributed by atoms with Gasteiger partial charge in [-0.15, -0.1) is 0 Å². The van der Waals surface area contributed by atoms with Crippen LogP contribution in [0.2, 0.25) is 0 Å². The molecule has 4 nitrogen and oxygen atoms in total. The Balaban J connectivity index is 2.65. The molecule has 1 rings (SSSR count). The van der Waals surface area contributed by atoms with Crippen LogP contribution >= 0.6 is 0 Å². The van der Waals surface area contributed by atoms with Crippen molar-refractivity contribution in [3.8, 4) is 0 Å². The molecule has 19 heavy (non-hydrogen) atoms. The van der Waals surface area contributed by atoms with Crippen molar-refractivity contribution in [1.82, 2.24) is 4.90 Å². The van der Waals surface area contributed by atoms with E-state index in [-0.39, 0.29) is 12.3 Å². The lowest BCUT2D eigenvalue weighted by Crippen LogP contribution is -2.42. The molecule has 1 amide bonds. The van der Waals surface area contributed by atoms with Crippen LogP contribution in [0.4, 0.5) is 0 Å². The molecule has 0 aromatic carbocycles. The van der Waals surface area contributed by atoms with Gasteiger partial charge in [-0.1, -0.05) is 20.3 Å².